The Kier molecular flexibility index (Phi) is 2.87. The Morgan fingerprint density at radius 1 is 1.58 bits per heavy atom. The summed E-state index contributed by atoms with van der Waals surface area (Å²) < 4.78 is 2.01. The summed E-state index contributed by atoms with van der Waals surface area (Å²) in [6.45, 7) is 7.15. The minimum absolute atomic E-state index is 0.0975. The Morgan fingerprint density at radius 3 is 2.67 bits per heavy atom. The average molecular weight is 167 g/mol. The first-order chi connectivity index (χ1) is 5.70. The van der Waals surface area contributed by atoms with Gasteiger partial charge in [-0.3, -0.25) is 4.68 Å². The fourth-order valence-electron chi connectivity index (χ4n) is 1.46. The molecule has 0 aliphatic carbocycles. The van der Waals surface area contributed by atoms with Gasteiger partial charge in [-0.1, -0.05) is 6.92 Å². The topological polar surface area (TPSA) is 43.8 Å². The molecule has 0 spiro atoms. The van der Waals surface area contributed by atoms with Crippen LogP contribution in [0.25, 0.3) is 0 Å². The van der Waals surface area contributed by atoms with E-state index in [9.17, 15) is 0 Å². The van der Waals surface area contributed by atoms with E-state index < -0.39 is 0 Å². The molecule has 3 nitrogen and oxygen atoms in total. The van der Waals surface area contributed by atoms with Crippen molar-refractivity contribution >= 4 is 0 Å². The van der Waals surface area contributed by atoms with Crippen LogP contribution in [0.15, 0.2) is 6.20 Å². The molecule has 1 aromatic heterocycles. The van der Waals surface area contributed by atoms with Crippen molar-refractivity contribution < 1.29 is 0 Å². The fraction of sp³-hybridized carbons (Fsp3) is 0.667. The van der Waals surface area contributed by atoms with Crippen LogP contribution in [0.5, 0.6) is 0 Å². The molecule has 1 rings (SSSR count). The molecule has 2 N–H and O–H groups in total. The molecule has 0 bridgehead atoms. The van der Waals surface area contributed by atoms with Gasteiger partial charge in [0.2, 0.25) is 0 Å². The van der Waals surface area contributed by atoms with E-state index in [4.69, 9.17) is 5.73 Å². The second kappa shape index (κ2) is 3.72. The van der Waals surface area contributed by atoms with E-state index in [0.717, 1.165) is 13.0 Å². The SMILES string of the molecule is CCc1c(C(C)N)cnn1CC. The van der Waals surface area contributed by atoms with Crippen LogP contribution >= 0.6 is 0 Å². The lowest BCUT2D eigenvalue weighted by Gasteiger charge is -2.07. The molecule has 0 aromatic carbocycles. The van der Waals surface area contributed by atoms with Gasteiger partial charge in [0.05, 0.1) is 6.20 Å². The highest BCUT2D eigenvalue weighted by Crippen LogP contribution is 2.15. The predicted octanol–water partition coefficient (Wildman–Crippen LogP) is 1.49. The molecular formula is C9H17N3. The first-order valence-electron chi connectivity index (χ1n) is 4.50. The summed E-state index contributed by atoms with van der Waals surface area (Å²) in [4.78, 5) is 0. The second-order valence-corrected chi connectivity index (χ2v) is 3.00. The summed E-state index contributed by atoms with van der Waals surface area (Å²) >= 11 is 0. The average Bonchev–Trinajstić information content (AvgIpc) is 2.46. The van der Waals surface area contributed by atoms with Gasteiger partial charge in [0.1, 0.15) is 0 Å². The Labute approximate surface area is 73.6 Å². The number of nitrogens with zero attached hydrogens (tertiary/aromatic N) is 2. The molecule has 1 atom stereocenters. The van der Waals surface area contributed by atoms with Crippen molar-refractivity contribution in [2.24, 2.45) is 5.73 Å². The summed E-state index contributed by atoms with van der Waals surface area (Å²) in [5.74, 6) is 0. The maximum atomic E-state index is 5.80. The molecule has 12 heavy (non-hydrogen) atoms. The number of hydrogen-bond donors (Lipinski definition) is 1. The lowest BCUT2D eigenvalue weighted by atomic mass is 10.1. The molecule has 0 amide bonds. The zero-order valence-corrected chi connectivity index (χ0v) is 8.04. The van der Waals surface area contributed by atoms with Gasteiger partial charge in [-0.15, -0.1) is 0 Å². The van der Waals surface area contributed by atoms with Gasteiger partial charge in [0, 0.05) is 23.8 Å². The maximum Gasteiger partial charge on any atom is 0.0540 e. The monoisotopic (exact) mass is 167 g/mol. The van der Waals surface area contributed by atoms with Gasteiger partial charge in [-0.2, -0.15) is 5.10 Å². The van der Waals surface area contributed by atoms with Crippen LogP contribution in [-0.2, 0) is 13.0 Å². The standard InChI is InChI=1S/C9H17N3/c1-4-9-8(7(3)10)6-11-12(9)5-2/h6-7H,4-5,10H2,1-3H3. The largest absolute Gasteiger partial charge is 0.324 e. The van der Waals surface area contributed by atoms with Gasteiger partial charge < -0.3 is 5.73 Å². The molecule has 0 aliphatic heterocycles. The quantitative estimate of drug-likeness (QED) is 0.741. The third-order valence-corrected chi connectivity index (χ3v) is 2.11. The second-order valence-electron chi connectivity index (χ2n) is 3.00. The zero-order valence-electron chi connectivity index (χ0n) is 8.04. The van der Waals surface area contributed by atoms with Crippen LogP contribution in [0.2, 0.25) is 0 Å². The van der Waals surface area contributed by atoms with Crippen molar-refractivity contribution in [2.45, 2.75) is 39.8 Å². The maximum absolute atomic E-state index is 5.80. The molecule has 1 aromatic rings. The van der Waals surface area contributed by atoms with Crippen molar-refractivity contribution in [3.05, 3.63) is 17.5 Å². The van der Waals surface area contributed by atoms with Crippen LogP contribution in [0.4, 0.5) is 0 Å². The van der Waals surface area contributed by atoms with E-state index in [0.29, 0.717) is 0 Å². The lowest BCUT2D eigenvalue weighted by Crippen LogP contribution is -2.09. The number of aryl methyl sites for hydroxylation is 1. The van der Waals surface area contributed by atoms with Crippen molar-refractivity contribution in [1.29, 1.82) is 0 Å². The van der Waals surface area contributed by atoms with Crippen molar-refractivity contribution in [1.82, 2.24) is 9.78 Å². The normalized spacial score (nSPS) is 13.3. The van der Waals surface area contributed by atoms with Crippen LogP contribution < -0.4 is 5.73 Å². The smallest absolute Gasteiger partial charge is 0.0540 e. The third-order valence-electron chi connectivity index (χ3n) is 2.11. The van der Waals surface area contributed by atoms with Crippen LogP contribution in [0.1, 0.15) is 38.1 Å². The fourth-order valence-corrected chi connectivity index (χ4v) is 1.46. The number of nitrogens with two attached hydrogens (primary N) is 1. The van der Waals surface area contributed by atoms with Crippen LogP contribution in [0, 0.1) is 0 Å². The molecule has 1 unspecified atom stereocenters. The summed E-state index contributed by atoms with van der Waals surface area (Å²) in [7, 11) is 0. The molecule has 68 valence electrons. The molecule has 1 heterocycles. The molecule has 0 saturated heterocycles. The van der Waals surface area contributed by atoms with E-state index in [1.807, 2.05) is 17.8 Å². The minimum Gasteiger partial charge on any atom is -0.324 e. The van der Waals surface area contributed by atoms with Crippen LogP contribution in [-0.4, -0.2) is 9.78 Å². The van der Waals surface area contributed by atoms with E-state index in [2.05, 4.69) is 18.9 Å². The van der Waals surface area contributed by atoms with Crippen molar-refractivity contribution in [2.75, 3.05) is 0 Å². The molecule has 3 heteroatoms. The van der Waals surface area contributed by atoms with E-state index >= 15 is 0 Å². The van der Waals surface area contributed by atoms with Crippen molar-refractivity contribution in [3.63, 3.8) is 0 Å². The Morgan fingerprint density at radius 2 is 2.25 bits per heavy atom. The van der Waals surface area contributed by atoms with Crippen LogP contribution in [0.3, 0.4) is 0 Å². The Hall–Kier alpha value is -0.830. The molecular weight excluding hydrogens is 150 g/mol. The van der Waals surface area contributed by atoms with Crippen molar-refractivity contribution in [3.8, 4) is 0 Å². The number of hydrogen-bond acceptors (Lipinski definition) is 2. The molecule has 0 radical (unpaired) electrons. The van der Waals surface area contributed by atoms with Gasteiger partial charge in [0.25, 0.3) is 0 Å². The highest BCUT2D eigenvalue weighted by atomic mass is 15.3. The van der Waals surface area contributed by atoms with Gasteiger partial charge in [-0.25, -0.2) is 0 Å². The van der Waals surface area contributed by atoms with E-state index in [1.54, 1.807) is 0 Å². The predicted molar refractivity (Wildman–Crippen MR) is 49.9 cm³/mol. The van der Waals surface area contributed by atoms with Gasteiger partial charge in [0.15, 0.2) is 0 Å². The highest BCUT2D eigenvalue weighted by molar-refractivity contribution is 5.20. The molecule has 0 aliphatic rings. The number of aromatic nitrogens is 2. The zero-order chi connectivity index (χ0) is 9.14. The third kappa shape index (κ3) is 1.50. The lowest BCUT2D eigenvalue weighted by molar-refractivity contribution is 0.621. The first-order valence-corrected chi connectivity index (χ1v) is 4.50. The summed E-state index contributed by atoms with van der Waals surface area (Å²) in [6.07, 6.45) is 2.89. The van der Waals surface area contributed by atoms with Gasteiger partial charge >= 0.3 is 0 Å². The summed E-state index contributed by atoms with van der Waals surface area (Å²) in [6, 6.07) is 0.0975. The van der Waals surface area contributed by atoms with Gasteiger partial charge in [-0.05, 0) is 20.3 Å². The number of rotatable bonds is 3. The summed E-state index contributed by atoms with van der Waals surface area (Å²) in [5.41, 5.74) is 8.26. The highest BCUT2D eigenvalue weighted by Gasteiger charge is 2.10. The van der Waals surface area contributed by atoms with E-state index in [1.165, 1.54) is 11.3 Å². The summed E-state index contributed by atoms with van der Waals surface area (Å²) in [5, 5.41) is 4.26. The first kappa shape index (κ1) is 9.26. The van der Waals surface area contributed by atoms with E-state index in [-0.39, 0.29) is 6.04 Å². The molecule has 0 fully saturated rings. The minimum atomic E-state index is 0.0975. The molecule has 0 saturated carbocycles. The Balaban J connectivity index is 3.05. The Bertz CT molecular complexity index is 250.